The number of nitrogens with zero attached hydrogens (tertiary/aromatic N) is 3. The number of H-pyrrole nitrogens is 1. The molecular formula is C29H29FN8O8. The number of phenols is 1. The minimum absolute atomic E-state index is 0.0106. The van der Waals surface area contributed by atoms with Gasteiger partial charge in [-0.1, -0.05) is 6.07 Å². The Kier molecular flexibility index (Phi) is 9.86. The van der Waals surface area contributed by atoms with Gasteiger partial charge in [-0.3, -0.25) is 24.2 Å². The molecular weight excluding hydrogens is 607 g/mol. The van der Waals surface area contributed by atoms with Crippen molar-refractivity contribution in [2.45, 2.75) is 37.4 Å². The molecule has 0 saturated heterocycles. The van der Waals surface area contributed by atoms with E-state index in [4.69, 9.17) is 16.2 Å². The number of carboxylic acid groups (broad SMARTS) is 1. The van der Waals surface area contributed by atoms with Crippen molar-refractivity contribution in [3.05, 3.63) is 81.7 Å². The van der Waals surface area contributed by atoms with E-state index in [1.54, 1.807) is 12.1 Å². The zero-order valence-corrected chi connectivity index (χ0v) is 24.2. The van der Waals surface area contributed by atoms with E-state index in [-0.39, 0.29) is 34.8 Å². The van der Waals surface area contributed by atoms with Gasteiger partial charge in [0.15, 0.2) is 34.1 Å². The molecule has 0 saturated carbocycles. The Hall–Kier alpha value is -5.97. The molecule has 1 amide bonds. The maximum absolute atomic E-state index is 14.0. The second kappa shape index (κ2) is 13.8. The number of nitrogen functional groups attached to an aromatic ring is 1. The van der Waals surface area contributed by atoms with Crippen molar-refractivity contribution >= 4 is 46.4 Å². The number of benzene rings is 2. The summed E-state index contributed by atoms with van der Waals surface area (Å²) in [4.78, 5) is 77.6. The van der Waals surface area contributed by atoms with Gasteiger partial charge in [0.25, 0.3) is 11.5 Å². The number of carboxylic acids is 1. The zero-order chi connectivity index (χ0) is 33.6. The number of methoxy groups -OCH3 is 1. The monoisotopic (exact) mass is 636 g/mol. The van der Waals surface area contributed by atoms with E-state index in [0.29, 0.717) is 11.4 Å². The van der Waals surface area contributed by atoms with Gasteiger partial charge >= 0.3 is 11.9 Å². The third-order valence-corrected chi connectivity index (χ3v) is 6.86. The second-order valence-corrected chi connectivity index (χ2v) is 10.2. The molecule has 4 rings (SSSR count). The fourth-order valence-corrected chi connectivity index (χ4v) is 4.50. The van der Waals surface area contributed by atoms with Gasteiger partial charge in [0.2, 0.25) is 5.95 Å². The van der Waals surface area contributed by atoms with Crippen LogP contribution in [0.5, 0.6) is 5.75 Å². The summed E-state index contributed by atoms with van der Waals surface area (Å²) in [6.07, 6.45) is -0.133. The molecule has 16 nitrogen and oxygen atoms in total. The number of ketones is 1. The summed E-state index contributed by atoms with van der Waals surface area (Å²) in [5.41, 5.74) is 9.97. The minimum atomic E-state index is -2.44. The number of amides is 1. The summed E-state index contributed by atoms with van der Waals surface area (Å²) in [7, 11) is 0.981. The first-order valence-corrected chi connectivity index (χ1v) is 13.6. The molecule has 240 valence electrons. The van der Waals surface area contributed by atoms with Crippen LogP contribution >= 0.6 is 0 Å². The summed E-state index contributed by atoms with van der Waals surface area (Å²) in [6.45, 7) is 0.154. The molecule has 0 bridgehead atoms. The Morgan fingerprint density at radius 3 is 2.50 bits per heavy atom. The molecule has 0 unspecified atom stereocenters. The number of phenolic OH excluding ortho intramolecular Hbond substituents is 1. The van der Waals surface area contributed by atoms with Gasteiger partial charge in [-0.05, 0) is 48.4 Å². The standard InChI is InChI=1S/C29H29FN8O8/c1-46-27(45)29(32,11-14-2-8-20(39)18(30)10-14)23(42)19(7-9-21(40)41)36-25(43)15-3-5-16(6-4-15)33-12-17-13-34-24-22(35-17)26(44)38-28(31)37-24/h2-6,8,10,13,19,33,39H,7,9,11-12,32H2,1H3,(H,36,43)(H,40,41)(H3,31,34,37,38,44)/t19-,29+/m0/s1. The lowest BCUT2D eigenvalue weighted by atomic mass is 9.82. The summed E-state index contributed by atoms with van der Waals surface area (Å²) in [5, 5.41) is 24.2. The number of ether oxygens (including phenoxy) is 1. The number of carbonyl (C=O) groups is 4. The number of esters is 1. The van der Waals surface area contributed by atoms with Crippen molar-refractivity contribution in [3.8, 4) is 5.75 Å². The fraction of sp³-hybridized carbons (Fsp3) is 0.241. The molecule has 46 heavy (non-hydrogen) atoms. The summed E-state index contributed by atoms with van der Waals surface area (Å²) in [6, 6.07) is 7.54. The van der Waals surface area contributed by atoms with Gasteiger partial charge < -0.3 is 37.1 Å². The average molecular weight is 637 g/mol. The topological polar surface area (TPSA) is 266 Å². The number of carbonyl (C=O) groups excluding carboxylic acids is 3. The third-order valence-electron chi connectivity index (χ3n) is 6.86. The molecule has 0 spiro atoms. The number of hydrogen-bond acceptors (Lipinski definition) is 13. The normalized spacial score (nSPS) is 12.9. The van der Waals surface area contributed by atoms with Crippen molar-refractivity contribution in [2.75, 3.05) is 18.2 Å². The summed E-state index contributed by atoms with van der Waals surface area (Å²) in [5.74, 6) is -6.07. The molecule has 9 N–H and O–H groups in total. The Morgan fingerprint density at radius 2 is 1.85 bits per heavy atom. The van der Waals surface area contributed by atoms with Crippen LogP contribution < -0.4 is 27.7 Å². The number of nitrogens with two attached hydrogens (primary N) is 2. The number of Topliss-reactive ketones (excluding diaryl/α,β-unsaturated/α-hetero) is 1. The van der Waals surface area contributed by atoms with Crippen molar-refractivity contribution in [3.63, 3.8) is 0 Å². The van der Waals surface area contributed by atoms with Crippen LogP contribution in [0.25, 0.3) is 11.2 Å². The number of aromatic nitrogens is 4. The number of aromatic amines is 1. The lowest BCUT2D eigenvalue weighted by Gasteiger charge is -2.30. The van der Waals surface area contributed by atoms with Gasteiger partial charge in [0.05, 0.1) is 31.6 Å². The van der Waals surface area contributed by atoms with Crippen molar-refractivity contribution in [2.24, 2.45) is 5.73 Å². The zero-order valence-electron chi connectivity index (χ0n) is 24.2. The third kappa shape index (κ3) is 7.56. The highest BCUT2D eigenvalue weighted by Gasteiger charge is 2.47. The summed E-state index contributed by atoms with van der Waals surface area (Å²) < 4.78 is 18.7. The Bertz CT molecular complexity index is 1870. The first kappa shape index (κ1) is 32.9. The van der Waals surface area contributed by atoms with Crippen molar-refractivity contribution in [1.29, 1.82) is 0 Å². The van der Waals surface area contributed by atoms with Crippen LogP contribution in [0.15, 0.2) is 53.5 Å². The van der Waals surface area contributed by atoms with Gasteiger partial charge in [0, 0.05) is 24.1 Å². The predicted molar refractivity (Wildman–Crippen MR) is 160 cm³/mol. The molecule has 2 aromatic heterocycles. The van der Waals surface area contributed by atoms with Crippen molar-refractivity contribution < 1.29 is 38.5 Å². The average Bonchev–Trinajstić information content (AvgIpc) is 3.03. The van der Waals surface area contributed by atoms with Crippen LogP contribution in [-0.4, -0.2) is 72.5 Å². The first-order valence-electron chi connectivity index (χ1n) is 13.6. The molecule has 0 radical (unpaired) electrons. The number of aliphatic carboxylic acids is 1. The number of anilines is 2. The molecule has 2 aromatic carbocycles. The van der Waals surface area contributed by atoms with E-state index in [0.717, 1.165) is 19.2 Å². The second-order valence-electron chi connectivity index (χ2n) is 10.2. The Morgan fingerprint density at radius 1 is 1.13 bits per heavy atom. The molecule has 2 atom stereocenters. The summed E-state index contributed by atoms with van der Waals surface area (Å²) >= 11 is 0. The van der Waals surface area contributed by atoms with Crippen LogP contribution in [0.3, 0.4) is 0 Å². The van der Waals surface area contributed by atoms with E-state index in [9.17, 15) is 38.6 Å². The number of aromatic hydroxyl groups is 1. The molecule has 0 fully saturated rings. The van der Waals surface area contributed by atoms with E-state index >= 15 is 0 Å². The fourth-order valence-electron chi connectivity index (χ4n) is 4.50. The van der Waals surface area contributed by atoms with Crippen LogP contribution in [0.2, 0.25) is 0 Å². The smallest absolute Gasteiger partial charge is 0.334 e. The molecule has 17 heteroatoms. The molecule has 4 aromatic rings. The molecule has 2 heterocycles. The minimum Gasteiger partial charge on any atom is -0.505 e. The van der Waals surface area contributed by atoms with E-state index < -0.39 is 71.6 Å². The van der Waals surface area contributed by atoms with Gasteiger partial charge in [-0.15, -0.1) is 0 Å². The largest absolute Gasteiger partial charge is 0.505 e. The highest BCUT2D eigenvalue weighted by molar-refractivity contribution is 6.12. The lowest BCUT2D eigenvalue weighted by Crippen LogP contribution is -2.63. The quantitative estimate of drug-likeness (QED) is 0.0773. The number of fused-ring (bicyclic) bond motifs is 1. The molecule has 0 aliphatic rings. The van der Waals surface area contributed by atoms with Crippen LogP contribution in [0.4, 0.5) is 16.0 Å². The van der Waals surface area contributed by atoms with Gasteiger partial charge in [0.1, 0.15) is 0 Å². The number of hydrogen-bond donors (Lipinski definition) is 7. The molecule has 0 aliphatic carbocycles. The Labute approximate surface area is 259 Å². The van der Waals surface area contributed by atoms with Crippen LogP contribution in [0, 0.1) is 5.82 Å². The first-order chi connectivity index (χ1) is 21.8. The maximum Gasteiger partial charge on any atom is 0.334 e. The van der Waals surface area contributed by atoms with E-state index in [1.165, 1.54) is 24.4 Å². The highest BCUT2D eigenvalue weighted by Crippen LogP contribution is 2.23. The van der Waals surface area contributed by atoms with Crippen molar-refractivity contribution in [1.82, 2.24) is 25.3 Å². The predicted octanol–water partition coefficient (Wildman–Crippen LogP) is 0.398. The van der Waals surface area contributed by atoms with E-state index in [1.807, 2.05) is 0 Å². The van der Waals surface area contributed by atoms with Gasteiger partial charge in [-0.25, -0.2) is 19.2 Å². The van der Waals surface area contributed by atoms with Crippen LogP contribution in [0.1, 0.15) is 34.5 Å². The number of rotatable bonds is 13. The number of halogens is 1. The molecule has 0 aliphatic heterocycles. The number of nitrogens with one attached hydrogen (secondary N) is 3. The van der Waals surface area contributed by atoms with E-state index in [2.05, 4.69) is 30.6 Å². The Balaban J connectivity index is 1.49. The highest BCUT2D eigenvalue weighted by atomic mass is 19.1. The van der Waals surface area contributed by atoms with Gasteiger partial charge in [-0.2, -0.15) is 4.98 Å². The maximum atomic E-state index is 14.0. The van der Waals surface area contributed by atoms with Crippen LogP contribution in [-0.2, 0) is 32.1 Å². The SMILES string of the molecule is COC(=O)[C@@](N)(Cc1ccc(O)c(F)c1)C(=O)[C@H](CCC(=O)O)NC(=O)c1ccc(NCc2cnc3nc(N)[nH]c(=O)c3n2)cc1. The lowest BCUT2D eigenvalue weighted by molar-refractivity contribution is -0.152.